The number of Topliss-reactive ketones (excluding diaryl/α,β-unsaturated/α-hetero) is 1. The number of para-hydroxylation sites is 1. The van der Waals surface area contributed by atoms with E-state index in [2.05, 4.69) is 16.0 Å². The van der Waals surface area contributed by atoms with Crippen LogP contribution in [0.1, 0.15) is 54.8 Å². The molecule has 0 aliphatic carbocycles. The van der Waals surface area contributed by atoms with E-state index in [-0.39, 0.29) is 30.5 Å². The average molecular weight is 501 g/mol. The molecule has 1 saturated heterocycles. The Morgan fingerprint density at radius 3 is 2.56 bits per heavy atom. The number of aryl methyl sites for hydroxylation is 2. The van der Waals surface area contributed by atoms with Crippen LogP contribution in [0.25, 0.3) is 0 Å². The number of nitrogens with one attached hydrogen (secondary N) is 3. The van der Waals surface area contributed by atoms with E-state index in [1.165, 1.54) is 29.4 Å². The van der Waals surface area contributed by atoms with Gasteiger partial charge in [-0.05, 0) is 51.2 Å². The van der Waals surface area contributed by atoms with Crippen molar-refractivity contribution < 1.29 is 28.0 Å². The zero-order valence-electron chi connectivity index (χ0n) is 21.0. The lowest BCUT2D eigenvalue weighted by Crippen LogP contribution is -2.53. The molecule has 4 amide bonds. The van der Waals surface area contributed by atoms with Crippen molar-refractivity contribution in [1.29, 1.82) is 0 Å². The Bertz CT molecular complexity index is 1110. The van der Waals surface area contributed by atoms with E-state index in [4.69, 9.17) is 4.42 Å². The van der Waals surface area contributed by atoms with Crippen LogP contribution in [-0.4, -0.2) is 53.7 Å². The Balaban J connectivity index is 1.64. The van der Waals surface area contributed by atoms with Gasteiger partial charge in [0.25, 0.3) is 5.91 Å². The van der Waals surface area contributed by atoms with E-state index in [1.54, 1.807) is 19.9 Å². The molecule has 3 rings (SSSR count). The van der Waals surface area contributed by atoms with E-state index >= 15 is 0 Å². The summed E-state index contributed by atoms with van der Waals surface area (Å²) in [7, 11) is 0. The van der Waals surface area contributed by atoms with E-state index in [0.29, 0.717) is 36.1 Å². The number of amides is 4. The highest BCUT2D eigenvalue weighted by atomic mass is 19.1. The molecular formula is C26H33FN4O5. The molecule has 1 aliphatic rings. The molecular weight excluding hydrogens is 467 g/mol. The Morgan fingerprint density at radius 1 is 1.19 bits per heavy atom. The summed E-state index contributed by atoms with van der Waals surface area (Å²) in [5.41, 5.74) is 1.08. The van der Waals surface area contributed by atoms with Crippen LogP contribution >= 0.6 is 0 Å². The van der Waals surface area contributed by atoms with Crippen molar-refractivity contribution in [2.75, 3.05) is 18.4 Å². The van der Waals surface area contributed by atoms with Gasteiger partial charge in [-0.1, -0.05) is 26.0 Å². The van der Waals surface area contributed by atoms with E-state index in [0.717, 1.165) is 0 Å². The highest BCUT2D eigenvalue weighted by Gasteiger charge is 2.32. The van der Waals surface area contributed by atoms with Crippen LogP contribution in [-0.2, 0) is 9.59 Å². The minimum atomic E-state index is -0.845. The summed E-state index contributed by atoms with van der Waals surface area (Å²) >= 11 is 0. The Labute approximate surface area is 209 Å². The van der Waals surface area contributed by atoms with E-state index in [1.807, 2.05) is 13.8 Å². The molecule has 1 aromatic carbocycles. The van der Waals surface area contributed by atoms with Gasteiger partial charge in [-0.25, -0.2) is 9.18 Å². The lowest BCUT2D eigenvalue weighted by Gasteiger charge is -2.24. The predicted molar refractivity (Wildman–Crippen MR) is 132 cm³/mol. The van der Waals surface area contributed by atoms with Gasteiger partial charge in [-0.2, -0.15) is 0 Å². The van der Waals surface area contributed by atoms with Crippen LogP contribution in [0.3, 0.4) is 0 Å². The van der Waals surface area contributed by atoms with Crippen LogP contribution in [0.2, 0.25) is 0 Å². The number of carbonyl (C=O) groups is 4. The van der Waals surface area contributed by atoms with Gasteiger partial charge in [0.2, 0.25) is 5.91 Å². The summed E-state index contributed by atoms with van der Waals surface area (Å²) in [4.78, 5) is 52.8. The summed E-state index contributed by atoms with van der Waals surface area (Å²) in [5, 5.41) is 8.03. The molecule has 9 nitrogen and oxygen atoms in total. The number of halogens is 1. The Hall–Kier alpha value is -3.69. The topological polar surface area (TPSA) is 121 Å². The highest BCUT2D eigenvalue weighted by Crippen LogP contribution is 2.18. The third kappa shape index (κ3) is 6.71. The van der Waals surface area contributed by atoms with Crippen molar-refractivity contribution in [3.8, 4) is 0 Å². The zero-order chi connectivity index (χ0) is 26.4. The Kier molecular flexibility index (Phi) is 8.84. The summed E-state index contributed by atoms with van der Waals surface area (Å²) < 4.78 is 19.2. The first kappa shape index (κ1) is 26.9. The quantitative estimate of drug-likeness (QED) is 0.537. The molecule has 0 radical (unpaired) electrons. The summed E-state index contributed by atoms with van der Waals surface area (Å²) in [6.45, 7) is 7.36. The number of likely N-dealkylation sites (tertiary alicyclic amines) is 1. The van der Waals surface area contributed by atoms with Crippen LogP contribution in [0.15, 0.2) is 34.9 Å². The standard InChI is InChI=1S/C26H33FN4O5/c1-15(2)12-21(29-25(34)23-16(3)14-36-17(23)4)24(33)28-20-10-7-11-31(13-22(20)32)26(35)30-19-9-6-5-8-18(19)27/h5-6,8-9,14-15,20-21H,7,10-13H2,1-4H3,(H,28,33)(H,29,34)(H,30,35)/t20-,21?/m0/s1. The van der Waals surface area contributed by atoms with Crippen molar-refractivity contribution in [2.24, 2.45) is 5.92 Å². The number of furan rings is 1. The van der Waals surface area contributed by atoms with E-state index < -0.39 is 35.7 Å². The molecule has 0 bridgehead atoms. The molecule has 3 N–H and O–H groups in total. The Morgan fingerprint density at radius 2 is 1.92 bits per heavy atom. The largest absolute Gasteiger partial charge is 0.469 e. The number of urea groups is 1. The average Bonchev–Trinajstić information content (AvgIpc) is 3.04. The number of ketones is 1. The fraction of sp³-hybridized carbons (Fsp3) is 0.462. The summed E-state index contributed by atoms with van der Waals surface area (Å²) in [6.07, 6.45) is 2.68. The maximum absolute atomic E-state index is 13.9. The SMILES string of the molecule is Cc1coc(C)c1C(=O)NC(CC(C)C)C(=O)N[C@H]1CCCN(C(=O)Nc2ccccc2F)CC1=O. The van der Waals surface area contributed by atoms with Gasteiger partial charge in [0.15, 0.2) is 5.78 Å². The normalized spacial score (nSPS) is 16.9. The zero-order valence-corrected chi connectivity index (χ0v) is 21.0. The number of carbonyl (C=O) groups excluding carboxylic acids is 4. The van der Waals surface area contributed by atoms with Crippen LogP contribution in [0, 0.1) is 25.6 Å². The smallest absolute Gasteiger partial charge is 0.322 e. The molecule has 1 fully saturated rings. The number of nitrogens with zero attached hydrogens (tertiary/aromatic N) is 1. The fourth-order valence-electron chi connectivity index (χ4n) is 4.22. The van der Waals surface area contributed by atoms with Gasteiger partial charge >= 0.3 is 6.03 Å². The molecule has 0 saturated carbocycles. The van der Waals surface area contributed by atoms with Gasteiger partial charge in [0.1, 0.15) is 17.6 Å². The van der Waals surface area contributed by atoms with Crippen molar-refractivity contribution in [1.82, 2.24) is 15.5 Å². The molecule has 1 aromatic heterocycles. The van der Waals surface area contributed by atoms with E-state index in [9.17, 15) is 23.6 Å². The first-order valence-electron chi connectivity index (χ1n) is 12.1. The lowest BCUT2D eigenvalue weighted by molar-refractivity contribution is -0.129. The molecule has 2 atom stereocenters. The first-order valence-corrected chi connectivity index (χ1v) is 12.1. The maximum atomic E-state index is 13.9. The first-order chi connectivity index (χ1) is 17.1. The second-order valence-corrected chi connectivity index (χ2v) is 9.51. The second kappa shape index (κ2) is 11.8. The van der Waals surface area contributed by atoms with Crippen LogP contribution in [0.5, 0.6) is 0 Å². The summed E-state index contributed by atoms with van der Waals surface area (Å²) in [6, 6.07) is 3.55. The molecule has 36 heavy (non-hydrogen) atoms. The van der Waals surface area contributed by atoms with Crippen molar-refractivity contribution in [2.45, 2.75) is 59.0 Å². The monoisotopic (exact) mass is 500 g/mol. The number of hydrogen-bond donors (Lipinski definition) is 3. The summed E-state index contributed by atoms with van der Waals surface area (Å²) in [5.74, 6) is -1.21. The van der Waals surface area contributed by atoms with Gasteiger partial charge in [0, 0.05) is 12.1 Å². The van der Waals surface area contributed by atoms with Crippen LogP contribution < -0.4 is 16.0 Å². The third-order valence-corrected chi connectivity index (χ3v) is 6.09. The predicted octanol–water partition coefficient (Wildman–Crippen LogP) is 3.56. The number of rotatable bonds is 7. The van der Waals surface area contributed by atoms with Crippen molar-refractivity contribution in [3.05, 3.63) is 53.2 Å². The number of benzene rings is 1. The fourth-order valence-corrected chi connectivity index (χ4v) is 4.22. The van der Waals surface area contributed by atoms with Gasteiger partial charge < -0.3 is 25.3 Å². The molecule has 1 unspecified atom stereocenters. The minimum absolute atomic E-state index is 0.0272. The number of hydrogen-bond acceptors (Lipinski definition) is 5. The van der Waals surface area contributed by atoms with Gasteiger partial charge in [-0.3, -0.25) is 14.4 Å². The molecule has 10 heteroatoms. The van der Waals surface area contributed by atoms with Crippen LogP contribution in [0.4, 0.5) is 14.9 Å². The van der Waals surface area contributed by atoms with Gasteiger partial charge in [0.05, 0.1) is 30.1 Å². The van der Waals surface area contributed by atoms with Gasteiger partial charge in [-0.15, -0.1) is 0 Å². The molecule has 194 valence electrons. The third-order valence-electron chi connectivity index (χ3n) is 6.09. The second-order valence-electron chi connectivity index (χ2n) is 9.51. The maximum Gasteiger partial charge on any atom is 0.322 e. The van der Waals surface area contributed by atoms with Crippen molar-refractivity contribution in [3.63, 3.8) is 0 Å². The molecule has 0 spiro atoms. The molecule has 2 aromatic rings. The minimum Gasteiger partial charge on any atom is -0.469 e. The lowest BCUT2D eigenvalue weighted by atomic mass is 10.0. The molecule has 2 heterocycles. The number of anilines is 1. The highest BCUT2D eigenvalue weighted by molar-refractivity contribution is 6.00. The molecule has 1 aliphatic heterocycles. The van der Waals surface area contributed by atoms with Crippen molar-refractivity contribution >= 4 is 29.3 Å².